The average molecular weight is 469 g/mol. The number of pyridine rings is 1. The standard InChI is InChI=1S/C28H25FN4O2/c1-28(2)15-21-24(22(34)16-28)26(31-20-6-4-3-5-7-20)25(32-21)18-12-13-30-23(14-18)33-27(35)17-8-10-19(29)11-9-17/h3-14,31-32H,15-16H2,1-2H3,(H,30,33,35). The summed E-state index contributed by atoms with van der Waals surface area (Å²) in [5.41, 5.74) is 4.87. The molecule has 6 nitrogen and oxygen atoms in total. The molecule has 0 radical (unpaired) electrons. The van der Waals surface area contributed by atoms with Crippen LogP contribution in [0.2, 0.25) is 0 Å². The Labute approximate surface area is 202 Å². The molecule has 3 N–H and O–H groups in total. The Balaban J connectivity index is 1.53. The van der Waals surface area contributed by atoms with Gasteiger partial charge in [0.15, 0.2) is 5.78 Å². The fourth-order valence-corrected chi connectivity index (χ4v) is 4.51. The Morgan fingerprint density at radius 2 is 1.77 bits per heavy atom. The second-order valence-corrected chi connectivity index (χ2v) is 9.55. The second-order valence-electron chi connectivity index (χ2n) is 9.55. The van der Waals surface area contributed by atoms with Gasteiger partial charge in [0.05, 0.1) is 16.9 Å². The number of nitrogens with zero attached hydrogens (tertiary/aromatic N) is 1. The van der Waals surface area contributed by atoms with Crippen LogP contribution in [-0.2, 0) is 6.42 Å². The molecular formula is C28H25FN4O2. The van der Waals surface area contributed by atoms with E-state index in [1.54, 1.807) is 12.3 Å². The number of aromatic nitrogens is 2. The molecule has 0 spiro atoms. The fraction of sp³-hybridized carbons (Fsp3) is 0.179. The molecule has 35 heavy (non-hydrogen) atoms. The molecule has 4 aromatic rings. The van der Waals surface area contributed by atoms with Crippen LogP contribution in [0.15, 0.2) is 72.9 Å². The molecule has 0 fully saturated rings. The second kappa shape index (κ2) is 8.83. The summed E-state index contributed by atoms with van der Waals surface area (Å²) < 4.78 is 13.2. The van der Waals surface area contributed by atoms with Crippen molar-refractivity contribution < 1.29 is 14.0 Å². The van der Waals surface area contributed by atoms with E-state index in [-0.39, 0.29) is 17.1 Å². The van der Waals surface area contributed by atoms with Gasteiger partial charge in [-0.25, -0.2) is 9.37 Å². The highest BCUT2D eigenvalue weighted by Crippen LogP contribution is 2.43. The highest BCUT2D eigenvalue weighted by atomic mass is 19.1. The minimum atomic E-state index is -0.409. The molecule has 0 bridgehead atoms. The van der Waals surface area contributed by atoms with Crippen LogP contribution in [0.25, 0.3) is 11.3 Å². The number of aromatic amines is 1. The van der Waals surface area contributed by atoms with Crippen molar-refractivity contribution in [1.82, 2.24) is 9.97 Å². The first-order valence-corrected chi connectivity index (χ1v) is 11.4. The van der Waals surface area contributed by atoms with Gasteiger partial charge in [-0.2, -0.15) is 0 Å². The number of H-pyrrole nitrogens is 1. The van der Waals surface area contributed by atoms with Gasteiger partial charge in [0.1, 0.15) is 11.6 Å². The lowest BCUT2D eigenvalue weighted by molar-refractivity contribution is 0.0912. The van der Waals surface area contributed by atoms with Gasteiger partial charge in [-0.05, 0) is 60.4 Å². The summed E-state index contributed by atoms with van der Waals surface area (Å²) in [5, 5.41) is 6.20. The van der Waals surface area contributed by atoms with Crippen LogP contribution >= 0.6 is 0 Å². The third-order valence-corrected chi connectivity index (χ3v) is 6.09. The number of ketones is 1. The Morgan fingerprint density at radius 3 is 2.51 bits per heavy atom. The van der Waals surface area contributed by atoms with Crippen molar-refractivity contribution in [3.8, 4) is 11.3 Å². The van der Waals surface area contributed by atoms with E-state index in [1.807, 2.05) is 36.4 Å². The van der Waals surface area contributed by atoms with E-state index in [2.05, 4.69) is 34.4 Å². The molecule has 1 aliphatic carbocycles. The van der Waals surface area contributed by atoms with Gasteiger partial charge in [-0.3, -0.25) is 9.59 Å². The topological polar surface area (TPSA) is 86.9 Å². The summed E-state index contributed by atoms with van der Waals surface area (Å²) in [6, 6.07) is 18.6. The predicted molar refractivity (Wildman–Crippen MR) is 135 cm³/mol. The number of hydrogen-bond donors (Lipinski definition) is 3. The molecule has 0 aliphatic heterocycles. The first-order chi connectivity index (χ1) is 16.8. The minimum Gasteiger partial charge on any atom is -0.356 e. The lowest BCUT2D eigenvalue weighted by Crippen LogP contribution is -2.26. The summed E-state index contributed by atoms with van der Waals surface area (Å²) in [5.74, 6) is -0.355. The number of anilines is 3. The van der Waals surface area contributed by atoms with E-state index in [1.165, 1.54) is 24.3 Å². The van der Waals surface area contributed by atoms with Crippen molar-refractivity contribution >= 4 is 28.9 Å². The molecule has 176 valence electrons. The molecule has 1 aliphatic rings. The molecular weight excluding hydrogens is 443 g/mol. The fourth-order valence-electron chi connectivity index (χ4n) is 4.51. The number of nitrogens with one attached hydrogen (secondary N) is 3. The van der Waals surface area contributed by atoms with Gasteiger partial charge < -0.3 is 15.6 Å². The third kappa shape index (κ3) is 4.71. The van der Waals surface area contributed by atoms with Crippen LogP contribution < -0.4 is 10.6 Å². The third-order valence-electron chi connectivity index (χ3n) is 6.09. The summed E-state index contributed by atoms with van der Waals surface area (Å²) >= 11 is 0. The molecule has 2 aromatic heterocycles. The molecule has 1 amide bonds. The molecule has 0 atom stereocenters. The lowest BCUT2D eigenvalue weighted by Gasteiger charge is -2.28. The quantitative estimate of drug-likeness (QED) is 0.318. The summed E-state index contributed by atoms with van der Waals surface area (Å²) in [7, 11) is 0. The van der Waals surface area contributed by atoms with Gasteiger partial charge in [-0.1, -0.05) is 32.0 Å². The van der Waals surface area contributed by atoms with Crippen molar-refractivity contribution in [2.45, 2.75) is 26.7 Å². The molecule has 0 saturated carbocycles. The van der Waals surface area contributed by atoms with E-state index >= 15 is 0 Å². The van der Waals surface area contributed by atoms with Crippen molar-refractivity contribution in [3.63, 3.8) is 0 Å². The summed E-state index contributed by atoms with van der Waals surface area (Å²) in [6.07, 6.45) is 2.82. The maximum absolute atomic E-state index is 13.2. The number of halogens is 1. The largest absolute Gasteiger partial charge is 0.356 e. The van der Waals surface area contributed by atoms with Gasteiger partial charge >= 0.3 is 0 Å². The smallest absolute Gasteiger partial charge is 0.256 e. The van der Waals surface area contributed by atoms with E-state index in [0.717, 1.165) is 29.1 Å². The summed E-state index contributed by atoms with van der Waals surface area (Å²) in [6.45, 7) is 4.18. The lowest BCUT2D eigenvalue weighted by atomic mass is 9.76. The van der Waals surface area contributed by atoms with Gasteiger partial charge in [0.25, 0.3) is 5.91 Å². The number of fused-ring (bicyclic) bond motifs is 1. The van der Waals surface area contributed by atoms with Gasteiger partial charge in [0, 0.05) is 35.1 Å². The van der Waals surface area contributed by atoms with E-state index < -0.39 is 5.82 Å². The molecule has 0 saturated heterocycles. The summed E-state index contributed by atoms with van der Waals surface area (Å²) in [4.78, 5) is 33.6. The first kappa shape index (κ1) is 22.5. The number of Topliss-reactive ketones (excluding diaryl/α,β-unsaturated/α-hetero) is 1. The SMILES string of the molecule is CC1(C)CC(=O)c2c([nH]c(-c3ccnc(NC(=O)c4ccc(F)cc4)c3)c2Nc2ccccc2)C1. The Morgan fingerprint density at radius 1 is 1.03 bits per heavy atom. The molecule has 0 unspecified atom stereocenters. The normalized spacial score (nSPS) is 14.3. The van der Waals surface area contributed by atoms with Crippen molar-refractivity contribution in [3.05, 3.63) is 95.6 Å². The van der Waals surface area contributed by atoms with Crippen LogP contribution in [0.3, 0.4) is 0 Å². The number of benzene rings is 2. The Bertz CT molecular complexity index is 1410. The number of rotatable bonds is 5. The first-order valence-electron chi connectivity index (χ1n) is 11.4. The molecule has 7 heteroatoms. The number of amides is 1. The van der Waals surface area contributed by atoms with Crippen LogP contribution in [-0.4, -0.2) is 21.7 Å². The predicted octanol–water partition coefficient (Wildman–Crippen LogP) is 6.37. The average Bonchev–Trinajstić information content (AvgIpc) is 3.17. The Hall–Kier alpha value is -4.26. The highest BCUT2D eigenvalue weighted by Gasteiger charge is 2.35. The highest BCUT2D eigenvalue weighted by molar-refractivity contribution is 6.08. The molecule has 2 heterocycles. The maximum Gasteiger partial charge on any atom is 0.256 e. The zero-order chi connectivity index (χ0) is 24.6. The number of hydrogen-bond acceptors (Lipinski definition) is 4. The van der Waals surface area contributed by atoms with E-state index in [9.17, 15) is 14.0 Å². The monoisotopic (exact) mass is 468 g/mol. The molecule has 2 aromatic carbocycles. The van der Waals surface area contributed by atoms with Crippen molar-refractivity contribution in [2.75, 3.05) is 10.6 Å². The zero-order valence-corrected chi connectivity index (χ0v) is 19.5. The van der Waals surface area contributed by atoms with E-state index in [4.69, 9.17) is 0 Å². The van der Waals surface area contributed by atoms with Gasteiger partial charge in [0.2, 0.25) is 0 Å². The molecule has 5 rings (SSSR count). The van der Waals surface area contributed by atoms with Crippen molar-refractivity contribution in [1.29, 1.82) is 0 Å². The number of para-hydroxylation sites is 1. The number of carbonyl (C=O) groups excluding carboxylic acids is 2. The van der Waals surface area contributed by atoms with Crippen LogP contribution in [0.4, 0.5) is 21.6 Å². The van der Waals surface area contributed by atoms with Crippen LogP contribution in [0, 0.1) is 11.2 Å². The van der Waals surface area contributed by atoms with Gasteiger partial charge in [-0.15, -0.1) is 0 Å². The van der Waals surface area contributed by atoms with Crippen molar-refractivity contribution in [2.24, 2.45) is 5.41 Å². The van der Waals surface area contributed by atoms with Crippen LogP contribution in [0.5, 0.6) is 0 Å². The van der Waals surface area contributed by atoms with E-state index in [0.29, 0.717) is 29.1 Å². The maximum atomic E-state index is 13.2. The minimum absolute atomic E-state index is 0.0936. The van der Waals surface area contributed by atoms with Crippen LogP contribution in [0.1, 0.15) is 46.7 Å². The Kier molecular flexibility index (Phi) is 5.68. The zero-order valence-electron chi connectivity index (χ0n) is 19.5. The number of carbonyl (C=O) groups is 2.